The van der Waals surface area contributed by atoms with Gasteiger partial charge in [0, 0.05) is 16.6 Å². The minimum Gasteiger partial charge on any atom is -0.399 e. The summed E-state index contributed by atoms with van der Waals surface area (Å²) in [5.41, 5.74) is 7.31. The second kappa shape index (κ2) is 6.88. The van der Waals surface area contributed by atoms with Crippen LogP contribution < -0.4 is 11.1 Å². The molecule has 2 rings (SSSR count). The van der Waals surface area contributed by atoms with Crippen molar-refractivity contribution in [3.63, 3.8) is 0 Å². The average Bonchev–Trinajstić information content (AvgIpc) is 2.42. The zero-order valence-corrected chi connectivity index (χ0v) is 12.7. The van der Waals surface area contributed by atoms with E-state index in [1.807, 2.05) is 6.92 Å². The van der Waals surface area contributed by atoms with E-state index in [9.17, 15) is 9.00 Å². The van der Waals surface area contributed by atoms with Gasteiger partial charge in [0.05, 0.1) is 10.8 Å². The fraction of sp³-hybridized carbons (Fsp3) is 0.533. The van der Waals surface area contributed by atoms with Gasteiger partial charge in [-0.25, -0.2) is 0 Å². The van der Waals surface area contributed by atoms with Gasteiger partial charge < -0.3 is 11.1 Å². The highest BCUT2D eigenvalue weighted by molar-refractivity contribution is 7.85. The number of benzene rings is 1. The molecule has 3 N–H and O–H groups in total. The van der Waals surface area contributed by atoms with E-state index in [-0.39, 0.29) is 17.7 Å². The van der Waals surface area contributed by atoms with E-state index >= 15 is 0 Å². The standard InChI is InChI=1S/C15H22N2O2S/c1-11-9-13(7-8-14(11)16)20(19)10-15(18)17-12-5-3-2-4-6-12/h7-9,12H,2-6,10,16H2,1H3,(H,17,18). The van der Waals surface area contributed by atoms with Gasteiger partial charge in [0.1, 0.15) is 5.75 Å². The lowest BCUT2D eigenvalue weighted by Crippen LogP contribution is -2.38. The van der Waals surface area contributed by atoms with Crippen LogP contribution in [0.2, 0.25) is 0 Å². The number of hydrogen-bond donors (Lipinski definition) is 2. The monoisotopic (exact) mass is 294 g/mol. The van der Waals surface area contributed by atoms with Crippen molar-refractivity contribution in [2.75, 3.05) is 11.5 Å². The van der Waals surface area contributed by atoms with E-state index in [2.05, 4.69) is 5.32 Å². The molecule has 110 valence electrons. The molecule has 1 aromatic carbocycles. The van der Waals surface area contributed by atoms with Gasteiger partial charge in [0.2, 0.25) is 5.91 Å². The van der Waals surface area contributed by atoms with Gasteiger partial charge in [-0.1, -0.05) is 19.3 Å². The predicted octanol–water partition coefficient (Wildman–Crippen LogP) is 2.13. The number of nitrogens with one attached hydrogen (secondary N) is 1. The van der Waals surface area contributed by atoms with Crippen LogP contribution in [0.4, 0.5) is 5.69 Å². The number of hydrogen-bond acceptors (Lipinski definition) is 3. The van der Waals surface area contributed by atoms with E-state index in [1.54, 1.807) is 18.2 Å². The van der Waals surface area contributed by atoms with Crippen LogP contribution in [0, 0.1) is 6.92 Å². The smallest absolute Gasteiger partial charge is 0.233 e. The molecule has 0 spiro atoms. The van der Waals surface area contributed by atoms with E-state index in [0.717, 1.165) is 18.4 Å². The summed E-state index contributed by atoms with van der Waals surface area (Å²) in [5.74, 6) is -0.0930. The van der Waals surface area contributed by atoms with E-state index in [1.165, 1.54) is 19.3 Å². The number of nitrogens with two attached hydrogens (primary N) is 1. The molecule has 0 bridgehead atoms. The molecule has 1 saturated carbocycles. The zero-order valence-electron chi connectivity index (χ0n) is 11.9. The van der Waals surface area contributed by atoms with Crippen molar-refractivity contribution in [2.24, 2.45) is 0 Å². The third kappa shape index (κ3) is 4.07. The predicted molar refractivity (Wildman–Crippen MR) is 81.9 cm³/mol. The molecule has 5 heteroatoms. The maximum atomic E-state index is 12.2. The molecule has 0 aliphatic heterocycles. The highest BCUT2D eigenvalue weighted by Crippen LogP contribution is 2.18. The summed E-state index contributed by atoms with van der Waals surface area (Å²) in [4.78, 5) is 12.6. The Kier molecular flexibility index (Phi) is 5.17. The minimum absolute atomic E-state index is 0.0276. The second-order valence-electron chi connectivity index (χ2n) is 5.41. The molecule has 20 heavy (non-hydrogen) atoms. The molecule has 1 amide bonds. The number of carbonyl (C=O) groups excluding carboxylic acids is 1. The van der Waals surface area contributed by atoms with Gasteiger partial charge in [-0.2, -0.15) is 0 Å². The molecule has 0 aromatic heterocycles. The number of rotatable bonds is 4. The first kappa shape index (κ1) is 15.0. The van der Waals surface area contributed by atoms with Crippen LogP contribution in [0.15, 0.2) is 23.1 Å². The first-order valence-corrected chi connectivity index (χ1v) is 8.42. The summed E-state index contributed by atoms with van der Waals surface area (Å²) in [6, 6.07) is 5.52. The molecule has 0 saturated heterocycles. The van der Waals surface area contributed by atoms with Crippen LogP contribution in [0.3, 0.4) is 0 Å². The Morgan fingerprint density at radius 2 is 2.05 bits per heavy atom. The van der Waals surface area contributed by atoms with Gasteiger partial charge in [-0.3, -0.25) is 9.00 Å². The molecule has 0 radical (unpaired) electrons. The number of carbonyl (C=O) groups is 1. The van der Waals surface area contributed by atoms with E-state index < -0.39 is 10.8 Å². The minimum atomic E-state index is -1.30. The van der Waals surface area contributed by atoms with E-state index in [0.29, 0.717) is 10.6 Å². The lowest BCUT2D eigenvalue weighted by Gasteiger charge is -2.22. The molecule has 0 heterocycles. The van der Waals surface area contributed by atoms with Crippen molar-refractivity contribution in [3.05, 3.63) is 23.8 Å². The van der Waals surface area contributed by atoms with Crippen LogP contribution >= 0.6 is 0 Å². The van der Waals surface area contributed by atoms with Gasteiger partial charge in [-0.15, -0.1) is 0 Å². The number of aryl methyl sites for hydroxylation is 1. The summed E-state index contributed by atoms with van der Waals surface area (Å²) in [6.45, 7) is 1.87. The SMILES string of the molecule is Cc1cc(S(=O)CC(=O)NC2CCCCC2)ccc1N. The average molecular weight is 294 g/mol. The molecular weight excluding hydrogens is 272 g/mol. The Bertz CT molecular complexity index is 511. The van der Waals surface area contributed by atoms with Crippen molar-refractivity contribution in [1.82, 2.24) is 5.32 Å². The highest BCUT2D eigenvalue weighted by Gasteiger charge is 2.17. The zero-order chi connectivity index (χ0) is 14.5. The van der Waals surface area contributed by atoms with Crippen molar-refractivity contribution in [2.45, 2.75) is 50.0 Å². The summed E-state index contributed by atoms with van der Waals surface area (Å²) in [5, 5.41) is 2.99. The summed E-state index contributed by atoms with van der Waals surface area (Å²) >= 11 is 0. The molecule has 1 atom stereocenters. The third-order valence-corrected chi connectivity index (χ3v) is 5.04. The van der Waals surface area contributed by atoms with Crippen LogP contribution in [0.1, 0.15) is 37.7 Å². The van der Waals surface area contributed by atoms with Crippen molar-refractivity contribution in [3.8, 4) is 0 Å². The van der Waals surface area contributed by atoms with E-state index in [4.69, 9.17) is 5.73 Å². The molecule has 1 aliphatic carbocycles. The molecule has 4 nitrogen and oxygen atoms in total. The topological polar surface area (TPSA) is 72.2 Å². The molecule has 1 fully saturated rings. The van der Waals surface area contributed by atoms with Crippen molar-refractivity contribution < 1.29 is 9.00 Å². The maximum absolute atomic E-state index is 12.2. The first-order chi connectivity index (χ1) is 9.56. The lowest BCUT2D eigenvalue weighted by atomic mass is 9.95. The number of nitrogen functional groups attached to an aromatic ring is 1. The molecule has 1 aliphatic rings. The Labute approximate surface area is 122 Å². The summed E-state index contributed by atoms with van der Waals surface area (Å²) in [6.07, 6.45) is 5.68. The molecule has 1 aromatic rings. The fourth-order valence-corrected chi connectivity index (χ4v) is 3.52. The van der Waals surface area contributed by atoms with Crippen LogP contribution in [0.25, 0.3) is 0 Å². The quantitative estimate of drug-likeness (QED) is 0.836. The Morgan fingerprint density at radius 1 is 1.35 bits per heavy atom. The van der Waals surface area contributed by atoms with Crippen LogP contribution in [0.5, 0.6) is 0 Å². The van der Waals surface area contributed by atoms with Gasteiger partial charge in [0.25, 0.3) is 0 Å². The first-order valence-electron chi connectivity index (χ1n) is 7.10. The van der Waals surface area contributed by atoms with Crippen molar-refractivity contribution in [1.29, 1.82) is 0 Å². The third-order valence-electron chi connectivity index (χ3n) is 3.74. The van der Waals surface area contributed by atoms with Crippen LogP contribution in [-0.2, 0) is 15.6 Å². The fourth-order valence-electron chi connectivity index (χ4n) is 2.51. The summed E-state index contributed by atoms with van der Waals surface area (Å²) < 4.78 is 12.2. The molecular formula is C15H22N2O2S. The Hall–Kier alpha value is -1.36. The maximum Gasteiger partial charge on any atom is 0.233 e. The summed E-state index contributed by atoms with van der Waals surface area (Å²) in [7, 11) is -1.30. The lowest BCUT2D eigenvalue weighted by molar-refractivity contribution is -0.119. The normalized spacial score (nSPS) is 17.6. The van der Waals surface area contributed by atoms with Crippen LogP contribution in [-0.4, -0.2) is 21.9 Å². The Balaban J connectivity index is 1.89. The van der Waals surface area contributed by atoms with Crippen molar-refractivity contribution >= 4 is 22.4 Å². The van der Waals surface area contributed by atoms with Gasteiger partial charge >= 0.3 is 0 Å². The number of amides is 1. The highest BCUT2D eigenvalue weighted by atomic mass is 32.2. The Morgan fingerprint density at radius 3 is 2.70 bits per heavy atom. The second-order valence-corrected chi connectivity index (χ2v) is 6.86. The van der Waals surface area contributed by atoms with Gasteiger partial charge in [0.15, 0.2) is 0 Å². The van der Waals surface area contributed by atoms with Gasteiger partial charge in [-0.05, 0) is 43.5 Å². The largest absolute Gasteiger partial charge is 0.399 e. The number of anilines is 1. The molecule has 1 unspecified atom stereocenters.